The Bertz CT molecular complexity index is 379. The van der Waals surface area contributed by atoms with Crippen LogP contribution in [0.1, 0.15) is 23.7 Å². The predicted octanol–water partition coefficient (Wildman–Crippen LogP) is 2.33. The number of carboxylic acid groups (broad SMARTS) is 1. The van der Waals surface area contributed by atoms with Crippen LogP contribution in [0.25, 0.3) is 0 Å². The summed E-state index contributed by atoms with van der Waals surface area (Å²) >= 11 is 0. The molecule has 4 nitrogen and oxygen atoms in total. The summed E-state index contributed by atoms with van der Waals surface area (Å²) in [4.78, 5) is 10.7. The van der Waals surface area contributed by atoms with Crippen molar-refractivity contribution >= 4 is 5.97 Å². The van der Waals surface area contributed by atoms with E-state index in [0.717, 1.165) is 12.1 Å². The Labute approximate surface area is 99.0 Å². The molecule has 94 valence electrons. The van der Waals surface area contributed by atoms with Crippen molar-refractivity contribution in [1.29, 1.82) is 0 Å². The van der Waals surface area contributed by atoms with Gasteiger partial charge in [-0.15, -0.1) is 0 Å². The van der Waals surface area contributed by atoms with Crippen molar-refractivity contribution in [1.82, 2.24) is 0 Å². The predicted molar refractivity (Wildman–Crippen MR) is 60.0 cm³/mol. The van der Waals surface area contributed by atoms with Gasteiger partial charge in [-0.25, -0.2) is 9.18 Å². The largest absolute Gasteiger partial charge is 0.493 e. The zero-order chi connectivity index (χ0) is 12.7. The highest BCUT2D eigenvalue weighted by Crippen LogP contribution is 2.16. The van der Waals surface area contributed by atoms with Gasteiger partial charge in [0.05, 0.1) is 12.2 Å². The first-order valence-electron chi connectivity index (χ1n) is 5.38. The normalized spacial score (nSPS) is 10.2. The summed E-state index contributed by atoms with van der Waals surface area (Å²) in [5.41, 5.74) is -0.121. The lowest BCUT2D eigenvalue weighted by atomic mass is 10.2. The van der Waals surface area contributed by atoms with Crippen LogP contribution >= 0.6 is 0 Å². The smallest absolute Gasteiger partial charge is 0.335 e. The third-order valence-electron chi connectivity index (χ3n) is 2.02. The molecule has 1 N–H and O–H groups in total. The summed E-state index contributed by atoms with van der Waals surface area (Å²) in [5, 5.41) is 8.73. The first-order valence-corrected chi connectivity index (χ1v) is 5.38. The molecule has 0 amide bonds. The first kappa shape index (κ1) is 13.4. The molecule has 1 aromatic rings. The Morgan fingerprint density at radius 3 is 2.76 bits per heavy atom. The molecule has 0 aromatic heterocycles. The molecule has 0 saturated heterocycles. The second-order valence-corrected chi connectivity index (χ2v) is 3.38. The maximum Gasteiger partial charge on any atom is 0.335 e. The molecule has 0 radical (unpaired) electrons. The average Bonchev–Trinajstić information content (AvgIpc) is 2.28. The van der Waals surface area contributed by atoms with Crippen LogP contribution in [0.3, 0.4) is 0 Å². The van der Waals surface area contributed by atoms with Gasteiger partial charge >= 0.3 is 5.97 Å². The summed E-state index contributed by atoms with van der Waals surface area (Å²) < 4.78 is 23.4. The van der Waals surface area contributed by atoms with Gasteiger partial charge in [0, 0.05) is 25.7 Å². The maximum atomic E-state index is 13.0. The number of benzene rings is 1. The molecule has 0 heterocycles. The maximum absolute atomic E-state index is 13.0. The van der Waals surface area contributed by atoms with Gasteiger partial charge in [0.1, 0.15) is 11.6 Å². The van der Waals surface area contributed by atoms with E-state index in [9.17, 15) is 9.18 Å². The van der Waals surface area contributed by atoms with Crippen LogP contribution in [-0.2, 0) is 4.74 Å². The molecule has 0 atom stereocenters. The highest BCUT2D eigenvalue weighted by atomic mass is 19.1. The minimum Gasteiger partial charge on any atom is -0.493 e. The number of aromatic carboxylic acids is 1. The summed E-state index contributed by atoms with van der Waals surface area (Å²) in [6.07, 6.45) is 0.673. The zero-order valence-electron chi connectivity index (χ0n) is 9.61. The third-order valence-corrected chi connectivity index (χ3v) is 2.02. The fraction of sp³-hybridized carbons (Fsp3) is 0.417. The molecule has 1 rings (SSSR count). The standard InChI is InChI=1S/C12H15FO4/c1-2-16-4-3-5-17-11-7-9(12(14)15)6-10(13)8-11/h6-8H,2-5H2,1H3,(H,14,15). The van der Waals surface area contributed by atoms with E-state index in [4.69, 9.17) is 14.6 Å². The molecule has 0 aliphatic rings. The van der Waals surface area contributed by atoms with E-state index < -0.39 is 11.8 Å². The van der Waals surface area contributed by atoms with Crippen LogP contribution in [0.15, 0.2) is 18.2 Å². The number of carbonyl (C=O) groups is 1. The molecular weight excluding hydrogens is 227 g/mol. The summed E-state index contributed by atoms with van der Waals surface area (Å²) in [7, 11) is 0. The van der Waals surface area contributed by atoms with E-state index in [-0.39, 0.29) is 11.3 Å². The highest BCUT2D eigenvalue weighted by molar-refractivity contribution is 5.88. The van der Waals surface area contributed by atoms with Crippen molar-refractivity contribution < 1.29 is 23.8 Å². The number of ether oxygens (including phenoxy) is 2. The van der Waals surface area contributed by atoms with Gasteiger partial charge in [-0.05, 0) is 19.1 Å². The van der Waals surface area contributed by atoms with Gasteiger partial charge in [-0.1, -0.05) is 0 Å². The van der Waals surface area contributed by atoms with Gasteiger partial charge in [-0.2, -0.15) is 0 Å². The third kappa shape index (κ3) is 4.82. The van der Waals surface area contributed by atoms with Crippen molar-refractivity contribution in [2.45, 2.75) is 13.3 Å². The minimum atomic E-state index is -1.18. The fourth-order valence-corrected chi connectivity index (χ4v) is 1.26. The number of halogens is 1. The second-order valence-electron chi connectivity index (χ2n) is 3.38. The van der Waals surface area contributed by atoms with E-state index in [1.165, 1.54) is 6.07 Å². The van der Waals surface area contributed by atoms with Gasteiger partial charge in [0.25, 0.3) is 0 Å². The Kier molecular flexibility index (Phi) is 5.42. The molecule has 0 fully saturated rings. The van der Waals surface area contributed by atoms with Crippen LogP contribution < -0.4 is 4.74 Å². The summed E-state index contributed by atoms with van der Waals surface area (Å²) in [6, 6.07) is 3.41. The second kappa shape index (κ2) is 6.85. The van der Waals surface area contributed by atoms with Crippen LogP contribution in [0.2, 0.25) is 0 Å². The van der Waals surface area contributed by atoms with Crippen molar-refractivity contribution in [3.05, 3.63) is 29.6 Å². The Morgan fingerprint density at radius 1 is 1.35 bits per heavy atom. The lowest BCUT2D eigenvalue weighted by Crippen LogP contribution is -2.04. The number of hydrogen-bond acceptors (Lipinski definition) is 3. The highest BCUT2D eigenvalue weighted by Gasteiger charge is 2.07. The molecule has 0 bridgehead atoms. The van der Waals surface area contributed by atoms with Crippen LogP contribution in [0.4, 0.5) is 4.39 Å². The lowest BCUT2D eigenvalue weighted by molar-refractivity contribution is 0.0695. The van der Waals surface area contributed by atoms with Gasteiger partial charge in [0.15, 0.2) is 0 Å². The first-order chi connectivity index (χ1) is 8.13. The molecular formula is C12H15FO4. The van der Waals surface area contributed by atoms with E-state index in [2.05, 4.69) is 0 Å². The monoisotopic (exact) mass is 242 g/mol. The molecule has 0 saturated carbocycles. The molecule has 0 spiro atoms. The SMILES string of the molecule is CCOCCCOc1cc(F)cc(C(=O)O)c1. The van der Waals surface area contributed by atoms with Gasteiger partial charge < -0.3 is 14.6 Å². The molecule has 5 heteroatoms. The molecule has 0 unspecified atom stereocenters. The van der Waals surface area contributed by atoms with E-state index in [1.54, 1.807) is 0 Å². The molecule has 1 aromatic carbocycles. The van der Waals surface area contributed by atoms with Crippen LogP contribution in [0, 0.1) is 5.82 Å². The van der Waals surface area contributed by atoms with Gasteiger partial charge in [-0.3, -0.25) is 0 Å². The van der Waals surface area contributed by atoms with Crippen molar-refractivity contribution in [2.75, 3.05) is 19.8 Å². The summed E-state index contributed by atoms with van der Waals surface area (Å²) in [5.74, 6) is -1.58. The minimum absolute atomic E-state index is 0.121. The Balaban J connectivity index is 2.50. The number of carboxylic acids is 1. The quantitative estimate of drug-likeness (QED) is 0.745. The summed E-state index contributed by atoms with van der Waals surface area (Å²) in [6.45, 7) is 3.47. The number of rotatable bonds is 7. The van der Waals surface area contributed by atoms with E-state index >= 15 is 0 Å². The Morgan fingerprint density at radius 2 is 2.12 bits per heavy atom. The lowest BCUT2D eigenvalue weighted by Gasteiger charge is -2.07. The topological polar surface area (TPSA) is 55.8 Å². The molecule has 0 aliphatic heterocycles. The van der Waals surface area contributed by atoms with Crippen molar-refractivity contribution in [2.24, 2.45) is 0 Å². The molecule has 0 aliphatic carbocycles. The number of hydrogen-bond donors (Lipinski definition) is 1. The van der Waals surface area contributed by atoms with Crippen molar-refractivity contribution in [3.63, 3.8) is 0 Å². The van der Waals surface area contributed by atoms with E-state index in [1.807, 2.05) is 6.92 Å². The fourth-order valence-electron chi connectivity index (χ4n) is 1.26. The van der Waals surface area contributed by atoms with Crippen LogP contribution in [0.5, 0.6) is 5.75 Å². The molecule has 17 heavy (non-hydrogen) atoms. The average molecular weight is 242 g/mol. The van der Waals surface area contributed by atoms with Crippen LogP contribution in [-0.4, -0.2) is 30.9 Å². The zero-order valence-corrected chi connectivity index (χ0v) is 9.61. The van der Waals surface area contributed by atoms with E-state index in [0.29, 0.717) is 26.2 Å². The van der Waals surface area contributed by atoms with Gasteiger partial charge in [0.2, 0.25) is 0 Å². The van der Waals surface area contributed by atoms with Crippen molar-refractivity contribution in [3.8, 4) is 5.75 Å². The Hall–Kier alpha value is -1.62.